The second kappa shape index (κ2) is 7.35. The molecule has 0 amide bonds. The van der Waals surface area contributed by atoms with Gasteiger partial charge in [0.05, 0.1) is 15.1 Å². The first-order chi connectivity index (χ1) is 10.0. The molecule has 2 N–H and O–H groups in total. The fourth-order valence-electron chi connectivity index (χ4n) is 1.64. The second-order valence-corrected chi connectivity index (χ2v) is 7.92. The molecule has 2 aromatic heterocycles. The summed E-state index contributed by atoms with van der Waals surface area (Å²) in [7, 11) is -3.57. The van der Waals surface area contributed by atoms with Crippen molar-refractivity contribution in [3.63, 3.8) is 0 Å². The molecule has 21 heavy (non-hydrogen) atoms. The molecule has 0 aromatic carbocycles. The van der Waals surface area contributed by atoms with Crippen molar-refractivity contribution in [2.75, 3.05) is 11.3 Å². The number of halogens is 1. The van der Waals surface area contributed by atoms with Gasteiger partial charge >= 0.3 is 0 Å². The van der Waals surface area contributed by atoms with Gasteiger partial charge in [-0.05, 0) is 41.0 Å². The van der Waals surface area contributed by atoms with Gasteiger partial charge in [0, 0.05) is 29.2 Å². The van der Waals surface area contributed by atoms with Crippen molar-refractivity contribution in [2.24, 2.45) is 0 Å². The minimum absolute atomic E-state index is 0.282. The molecule has 0 aliphatic carbocycles. The number of sulfonamides is 1. The molecule has 5 nitrogen and oxygen atoms in total. The molecule has 0 aliphatic rings. The molecule has 0 radical (unpaired) electrons. The van der Waals surface area contributed by atoms with Crippen LogP contribution in [0.1, 0.15) is 18.2 Å². The summed E-state index contributed by atoms with van der Waals surface area (Å²) in [6.45, 7) is 3.70. The van der Waals surface area contributed by atoms with Gasteiger partial charge in [-0.2, -0.15) is 0 Å². The van der Waals surface area contributed by atoms with E-state index in [0.717, 1.165) is 17.8 Å². The normalized spacial score (nSPS) is 11.5. The molecule has 0 aliphatic heterocycles. The van der Waals surface area contributed by atoms with Crippen LogP contribution in [0.2, 0.25) is 0 Å². The lowest BCUT2D eigenvalue weighted by Gasteiger charge is -2.07. The summed E-state index contributed by atoms with van der Waals surface area (Å²) in [5.41, 5.74) is 0.474. The Labute approximate surface area is 137 Å². The van der Waals surface area contributed by atoms with Gasteiger partial charge in [0.15, 0.2) is 0 Å². The van der Waals surface area contributed by atoms with Crippen LogP contribution < -0.4 is 10.0 Å². The van der Waals surface area contributed by atoms with Crippen LogP contribution in [0.25, 0.3) is 0 Å². The van der Waals surface area contributed by atoms with Crippen LogP contribution in [0, 0.1) is 0 Å². The molecule has 0 unspecified atom stereocenters. The maximum absolute atomic E-state index is 12.3. The van der Waals surface area contributed by atoms with Crippen LogP contribution in [0.5, 0.6) is 0 Å². The zero-order chi connectivity index (χ0) is 15.3. The zero-order valence-corrected chi connectivity index (χ0v) is 14.7. The average Bonchev–Trinajstić information content (AvgIpc) is 2.91. The molecule has 0 bridgehead atoms. The zero-order valence-electron chi connectivity index (χ0n) is 11.5. The summed E-state index contributed by atoms with van der Waals surface area (Å²) >= 11 is 4.71. The third kappa shape index (κ3) is 4.50. The SMILES string of the molecule is CCCNCc1cc(S(=O)(=O)Nc2ccncc2Br)cs1. The molecule has 0 fully saturated rings. The lowest BCUT2D eigenvalue weighted by molar-refractivity contribution is 0.601. The molecule has 0 spiro atoms. The summed E-state index contributed by atoms with van der Waals surface area (Å²) in [6.07, 6.45) is 4.13. The molecule has 114 valence electrons. The number of rotatable bonds is 7. The summed E-state index contributed by atoms with van der Waals surface area (Å²) in [5, 5.41) is 4.91. The number of hydrogen-bond acceptors (Lipinski definition) is 5. The fraction of sp³-hybridized carbons (Fsp3) is 0.308. The maximum Gasteiger partial charge on any atom is 0.262 e. The Hall–Kier alpha value is -0.960. The summed E-state index contributed by atoms with van der Waals surface area (Å²) < 4.78 is 27.8. The smallest absolute Gasteiger partial charge is 0.262 e. The highest BCUT2D eigenvalue weighted by atomic mass is 79.9. The molecule has 2 aromatic rings. The molecule has 0 saturated carbocycles. The van der Waals surface area contributed by atoms with E-state index in [2.05, 4.69) is 37.9 Å². The van der Waals surface area contributed by atoms with E-state index in [1.54, 1.807) is 23.7 Å². The molecular formula is C13H16BrN3O2S2. The first kappa shape index (κ1) is 16.4. The molecular weight excluding hydrogens is 374 g/mol. The Morgan fingerprint density at radius 2 is 2.24 bits per heavy atom. The van der Waals surface area contributed by atoms with Crippen molar-refractivity contribution in [3.8, 4) is 0 Å². The summed E-state index contributed by atoms with van der Waals surface area (Å²) in [6, 6.07) is 3.31. The van der Waals surface area contributed by atoms with Gasteiger partial charge in [-0.25, -0.2) is 8.42 Å². The number of nitrogens with zero attached hydrogens (tertiary/aromatic N) is 1. The first-order valence-corrected chi connectivity index (χ1v) is 9.59. The Kier molecular flexibility index (Phi) is 5.74. The van der Waals surface area contributed by atoms with Gasteiger partial charge in [-0.3, -0.25) is 9.71 Å². The van der Waals surface area contributed by atoms with E-state index in [0.29, 0.717) is 16.7 Å². The highest BCUT2D eigenvalue weighted by Gasteiger charge is 2.17. The molecule has 8 heteroatoms. The van der Waals surface area contributed by atoms with Crippen molar-refractivity contribution < 1.29 is 8.42 Å². The van der Waals surface area contributed by atoms with E-state index in [4.69, 9.17) is 0 Å². The van der Waals surface area contributed by atoms with Crippen LogP contribution in [0.15, 0.2) is 39.3 Å². The maximum atomic E-state index is 12.3. The van der Waals surface area contributed by atoms with Crippen molar-refractivity contribution in [1.29, 1.82) is 0 Å². The van der Waals surface area contributed by atoms with E-state index in [9.17, 15) is 8.42 Å². The van der Waals surface area contributed by atoms with Gasteiger partial charge in [-0.15, -0.1) is 11.3 Å². The standard InChI is InChI=1S/C13H16BrN3O2S2/c1-2-4-15-7-10-6-11(9-20-10)21(18,19)17-13-3-5-16-8-12(13)14/h3,5-6,8-9,15H,2,4,7H2,1H3,(H,16,17). The van der Waals surface area contributed by atoms with Crippen LogP contribution in [-0.4, -0.2) is 19.9 Å². The fourth-order valence-corrected chi connectivity index (χ4v) is 4.45. The predicted molar refractivity (Wildman–Crippen MR) is 89.1 cm³/mol. The lowest BCUT2D eigenvalue weighted by Crippen LogP contribution is -2.14. The van der Waals surface area contributed by atoms with Crippen LogP contribution in [0.3, 0.4) is 0 Å². The van der Waals surface area contributed by atoms with Crippen molar-refractivity contribution in [2.45, 2.75) is 24.8 Å². The minimum atomic E-state index is -3.57. The Morgan fingerprint density at radius 1 is 1.43 bits per heavy atom. The molecule has 0 atom stereocenters. The van der Waals surface area contributed by atoms with Crippen LogP contribution in [0.4, 0.5) is 5.69 Å². The van der Waals surface area contributed by atoms with E-state index in [-0.39, 0.29) is 4.90 Å². The number of pyridine rings is 1. The monoisotopic (exact) mass is 389 g/mol. The van der Waals surface area contributed by atoms with Gasteiger partial charge in [0.1, 0.15) is 0 Å². The number of aromatic nitrogens is 1. The third-order valence-electron chi connectivity index (χ3n) is 2.68. The molecule has 2 rings (SSSR count). The summed E-state index contributed by atoms with van der Waals surface area (Å²) in [5.74, 6) is 0. The average molecular weight is 390 g/mol. The van der Waals surface area contributed by atoms with E-state index in [1.165, 1.54) is 17.5 Å². The van der Waals surface area contributed by atoms with E-state index >= 15 is 0 Å². The highest BCUT2D eigenvalue weighted by Crippen LogP contribution is 2.25. The van der Waals surface area contributed by atoms with Crippen molar-refractivity contribution in [1.82, 2.24) is 10.3 Å². The Bertz CT molecular complexity index is 701. The number of anilines is 1. The van der Waals surface area contributed by atoms with Gasteiger partial charge in [0.25, 0.3) is 10.0 Å². The van der Waals surface area contributed by atoms with Crippen molar-refractivity contribution >= 4 is 43.0 Å². The van der Waals surface area contributed by atoms with Crippen molar-refractivity contribution in [3.05, 3.63) is 39.3 Å². The third-order valence-corrected chi connectivity index (χ3v) is 5.75. The molecule has 2 heterocycles. The number of nitrogens with one attached hydrogen (secondary N) is 2. The van der Waals surface area contributed by atoms with E-state index in [1.807, 2.05) is 0 Å². The lowest BCUT2D eigenvalue weighted by atomic mass is 10.4. The summed E-state index contributed by atoms with van der Waals surface area (Å²) in [4.78, 5) is 5.19. The highest BCUT2D eigenvalue weighted by molar-refractivity contribution is 9.10. The second-order valence-electron chi connectivity index (χ2n) is 4.39. The van der Waals surface area contributed by atoms with Gasteiger partial charge < -0.3 is 5.32 Å². The largest absolute Gasteiger partial charge is 0.312 e. The first-order valence-electron chi connectivity index (χ1n) is 6.43. The van der Waals surface area contributed by atoms with Crippen LogP contribution in [-0.2, 0) is 16.6 Å². The quantitative estimate of drug-likeness (QED) is 0.713. The van der Waals surface area contributed by atoms with Gasteiger partial charge in [0.2, 0.25) is 0 Å². The van der Waals surface area contributed by atoms with Gasteiger partial charge in [-0.1, -0.05) is 6.92 Å². The van der Waals surface area contributed by atoms with E-state index < -0.39 is 10.0 Å². The Balaban J connectivity index is 2.11. The topological polar surface area (TPSA) is 71.1 Å². The minimum Gasteiger partial charge on any atom is -0.312 e. The number of thiophene rings is 1. The molecule has 0 saturated heterocycles. The Morgan fingerprint density at radius 3 is 2.95 bits per heavy atom. The number of hydrogen-bond donors (Lipinski definition) is 2. The van der Waals surface area contributed by atoms with Crippen LogP contribution >= 0.6 is 27.3 Å². The predicted octanol–water partition coefficient (Wildman–Crippen LogP) is 3.21.